The van der Waals surface area contributed by atoms with Crippen LogP contribution in [0.5, 0.6) is 0 Å². The third kappa shape index (κ3) is 4.65. The van der Waals surface area contributed by atoms with Gasteiger partial charge in [-0.2, -0.15) is 4.31 Å². The molecule has 1 fully saturated rings. The summed E-state index contributed by atoms with van der Waals surface area (Å²) >= 11 is 5.91. The minimum Gasteiger partial charge on any atom is -0.351 e. The molecule has 1 N–H and O–H groups in total. The standard InChI is InChI=1S/C22H26ClN5O3S/c1-2-12-27-20-11-10-18(14-19(20)25-26-27)32(30,31)28-13-4-3-5-21(28)22(29)24-15-16-6-8-17(23)9-7-16/h6-11,14,21H,2-5,12-13,15H2,1H3,(H,24,29)/t21-/m0/s1. The summed E-state index contributed by atoms with van der Waals surface area (Å²) in [7, 11) is -3.86. The van der Waals surface area contributed by atoms with Gasteiger partial charge in [-0.05, 0) is 55.2 Å². The lowest BCUT2D eigenvalue weighted by Crippen LogP contribution is -2.51. The van der Waals surface area contributed by atoms with Crippen LogP contribution in [0.4, 0.5) is 0 Å². The molecule has 10 heteroatoms. The SMILES string of the molecule is CCCn1nnc2cc(S(=O)(=O)N3CCCC[C@H]3C(=O)NCc3ccc(Cl)cc3)ccc21. The number of benzene rings is 2. The highest BCUT2D eigenvalue weighted by molar-refractivity contribution is 7.89. The zero-order valence-electron chi connectivity index (χ0n) is 17.9. The van der Waals surface area contributed by atoms with E-state index in [4.69, 9.17) is 11.6 Å². The molecule has 1 saturated heterocycles. The molecule has 0 spiro atoms. The number of nitrogens with one attached hydrogen (secondary N) is 1. The van der Waals surface area contributed by atoms with Crippen LogP contribution in [0.1, 0.15) is 38.2 Å². The number of amides is 1. The molecule has 1 atom stereocenters. The lowest BCUT2D eigenvalue weighted by atomic mass is 10.0. The first kappa shape index (κ1) is 22.7. The predicted molar refractivity (Wildman–Crippen MR) is 123 cm³/mol. The molecule has 4 rings (SSSR count). The van der Waals surface area contributed by atoms with Gasteiger partial charge in [0.25, 0.3) is 0 Å². The average Bonchev–Trinajstić information content (AvgIpc) is 3.21. The van der Waals surface area contributed by atoms with Gasteiger partial charge in [0.15, 0.2) is 0 Å². The maximum Gasteiger partial charge on any atom is 0.243 e. The van der Waals surface area contributed by atoms with Crippen LogP contribution in [0.2, 0.25) is 5.02 Å². The van der Waals surface area contributed by atoms with E-state index in [1.807, 2.05) is 19.1 Å². The zero-order valence-corrected chi connectivity index (χ0v) is 19.4. The Hall–Kier alpha value is -2.49. The van der Waals surface area contributed by atoms with Crippen molar-refractivity contribution in [1.29, 1.82) is 0 Å². The Morgan fingerprint density at radius 3 is 2.72 bits per heavy atom. The van der Waals surface area contributed by atoms with Crippen LogP contribution >= 0.6 is 11.6 Å². The fourth-order valence-corrected chi connectivity index (χ4v) is 5.79. The topological polar surface area (TPSA) is 97.2 Å². The lowest BCUT2D eigenvalue weighted by Gasteiger charge is -2.33. The molecular formula is C22H26ClN5O3S. The molecule has 1 aromatic heterocycles. The Bertz CT molecular complexity index is 1210. The number of halogens is 1. The van der Waals surface area contributed by atoms with Gasteiger partial charge in [-0.25, -0.2) is 13.1 Å². The number of hydrogen-bond donors (Lipinski definition) is 1. The van der Waals surface area contributed by atoms with Crippen LogP contribution in [0, 0.1) is 0 Å². The molecule has 32 heavy (non-hydrogen) atoms. The molecule has 1 aliphatic rings. The number of nitrogens with zero attached hydrogens (tertiary/aromatic N) is 4. The number of sulfonamides is 1. The molecule has 1 aliphatic heterocycles. The first-order valence-electron chi connectivity index (χ1n) is 10.8. The summed E-state index contributed by atoms with van der Waals surface area (Å²) in [5.41, 5.74) is 2.22. The van der Waals surface area contributed by atoms with Crippen LogP contribution in [-0.2, 0) is 27.9 Å². The molecule has 0 aliphatic carbocycles. The van der Waals surface area contributed by atoms with Gasteiger partial charge >= 0.3 is 0 Å². The van der Waals surface area contributed by atoms with E-state index in [0.29, 0.717) is 36.6 Å². The van der Waals surface area contributed by atoms with Crippen molar-refractivity contribution in [3.63, 3.8) is 0 Å². The van der Waals surface area contributed by atoms with E-state index in [-0.39, 0.29) is 10.8 Å². The molecule has 0 saturated carbocycles. The van der Waals surface area contributed by atoms with Crippen molar-refractivity contribution < 1.29 is 13.2 Å². The van der Waals surface area contributed by atoms with Crippen molar-refractivity contribution in [2.75, 3.05) is 6.54 Å². The van der Waals surface area contributed by atoms with E-state index in [2.05, 4.69) is 15.6 Å². The van der Waals surface area contributed by atoms with Gasteiger partial charge in [0.2, 0.25) is 15.9 Å². The minimum absolute atomic E-state index is 0.131. The number of aromatic nitrogens is 3. The largest absolute Gasteiger partial charge is 0.351 e. The molecule has 8 nitrogen and oxygen atoms in total. The molecule has 3 aromatic rings. The van der Waals surface area contributed by atoms with Crippen molar-refractivity contribution in [1.82, 2.24) is 24.6 Å². The van der Waals surface area contributed by atoms with Crippen LogP contribution in [0.25, 0.3) is 11.0 Å². The quantitative estimate of drug-likeness (QED) is 0.565. The van der Waals surface area contributed by atoms with Crippen molar-refractivity contribution in [2.24, 2.45) is 0 Å². The van der Waals surface area contributed by atoms with Gasteiger partial charge in [-0.1, -0.05) is 42.3 Å². The number of rotatable bonds is 7. The normalized spacial score (nSPS) is 17.5. The summed E-state index contributed by atoms with van der Waals surface area (Å²) < 4.78 is 30.0. The van der Waals surface area contributed by atoms with Crippen LogP contribution in [-0.4, -0.2) is 46.2 Å². The Morgan fingerprint density at radius 1 is 1.19 bits per heavy atom. The fourth-order valence-electron chi connectivity index (χ4n) is 3.99. The summed E-state index contributed by atoms with van der Waals surface area (Å²) in [4.78, 5) is 13.1. The van der Waals surface area contributed by atoms with Crippen molar-refractivity contribution in [3.8, 4) is 0 Å². The smallest absolute Gasteiger partial charge is 0.243 e. The number of aryl methyl sites for hydroxylation is 1. The zero-order chi connectivity index (χ0) is 22.7. The summed E-state index contributed by atoms with van der Waals surface area (Å²) in [6.07, 6.45) is 2.91. The molecule has 0 radical (unpaired) electrons. The molecule has 0 bridgehead atoms. The molecule has 0 unspecified atom stereocenters. The van der Waals surface area contributed by atoms with Crippen molar-refractivity contribution >= 4 is 38.6 Å². The Balaban J connectivity index is 1.54. The molecular weight excluding hydrogens is 450 g/mol. The molecule has 2 heterocycles. The molecule has 1 amide bonds. The number of hydrogen-bond acceptors (Lipinski definition) is 5. The maximum atomic E-state index is 13.5. The highest BCUT2D eigenvalue weighted by atomic mass is 35.5. The van der Waals surface area contributed by atoms with E-state index in [1.165, 1.54) is 4.31 Å². The second-order valence-electron chi connectivity index (χ2n) is 7.93. The third-order valence-corrected chi connectivity index (χ3v) is 7.82. The molecule has 170 valence electrons. The van der Waals surface area contributed by atoms with Gasteiger partial charge in [-0.15, -0.1) is 5.10 Å². The van der Waals surface area contributed by atoms with E-state index < -0.39 is 16.1 Å². The number of fused-ring (bicyclic) bond motifs is 1. The van der Waals surface area contributed by atoms with E-state index in [9.17, 15) is 13.2 Å². The van der Waals surface area contributed by atoms with E-state index >= 15 is 0 Å². The Kier molecular flexibility index (Phi) is 6.78. The first-order chi connectivity index (χ1) is 15.4. The Labute approximate surface area is 192 Å². The third-order valence-electron chi connectivity index (χ3n) is 5.66. The summed E-state index contributed by atoms with van der Waals surface area (Å²) in [5, 5.41) is 11.7. The average molecular weight is 476 g/mol. The van der Waals surface area contributed by atoms with Gasteiger partial charge in [-0.3, -0.25) is 4.79 Å². The van der Waals surface area contributed by atoms with E-state index in [0.717, 1.165) is 30.3 Å². The number of carbonyl (C=O) groups is 1. The maximum absolute atomic E-state index is 13.5. The lowest BCUT2D eigenvalue weighted by molar-refractivity contribution is -0.125. The van der Waals surface area contributed by atoms with Crippen molar-refractivity contribution in [2.45, 2.75) is 56.6 Å². The van der Waals surface area contributed by atoms with Crippen LogP contribution in [0.3, 0.4) is 0 Å². The Morgan fingerprint density at radius 2 is 1.97 bits per heavy atom. The summed E-state index contributed by atoms with van der Waals surface area (Å²) in [6, 6.07) is 11.3. The van der Waals surface area contributed by atoms with Crippen LogP contribution < -0.4 is 5.32 Å². The predicted octanol–water partition coefficient (Wildman–Crippen LogP) is 3.35. The summed E-state index contributed by atoms with van der Waals surface area (Å²) in [5.74, 6) is -0.293. The number of piperidine rings is 1. The minimum atomic E-state index is -3.86. The van der Waals surface area contributed by atoms with E-state index in [1.54, 1.807) is 35.0 Å². The van der Waals surface area contributed by atoms with Crippen molar-refractivity contribution in [3.05, 3.63) is 53.1 Å². The highest BCUT2D eigenvalue weighted by Gasteiger charge is 2.37. The van der Waals surface area contributed by atoms with Gasteiger partial charge < -0.3 is 5.32 Å². The second kappa shape index (κ2) is 9.56. The number of carbonyl (C=O) groups excluding carboxylic acids is 1. The highest BCUT2D eigenvalue weighted by Crippen LogP contribution is 2.27. The second-order valence-corrected chi connectivity index (χ2v) is 10.3. The van der Waals surface area contributed by atoms with Gasteiger partial charge in [0.05, 0.1) is 10.4 Å². The molecule has 2 aromatic carbocycles. The first-order valence-corrected chi connectivity index (χ1v) is 12.6. The summed E-state index contributed by atoms with van der Waals surface area (Å²) in [6.45, 7) is 3.38. The fraction of sp³-hybridized carbons (Fsp3) is 0.409. The van der Waals surface area contributed by atoms with Gasteiger partial charge in [0.1, 0.15) is 11.6 Å². The monoisotopic (exact) mass is 475 g/mol. The van der Waals surface area contributed by atoms with Crippen LogP contribution in [0.15, 0.2) is 47.4 Å². The van der Waals surface area contributed by atoms with Gasteiger partial charge in [0, 0.05) is 24.7 Å².